The van der Waals surface area contributed by atoms with Crippen molar-refractivity contribution in [3.63, 3.8) is 0 Å². The van der Waals surface area contributed by atoms with Gasteiger partial charge in [0.15, 0.2) is 0 Å². The second kappa shape index (κ2) is 35.0. The van der Waals surface area contributed by atoms with E-state index in [1.165, 1.54) is 199 Å². The van der Waals surface area contributed by atoms with Gasteiger partial charge in [0.2, 0.25) is 0 Å². The van der Waals surface area contributed by atoms with Gasteiger partial charge in [0.05, 0.1) is 0 Å². The third-order valence-corrected chi connectivity index (χ3v) is 8.11. The summed E-state index contributed by atoms with van der Waals surface area (Å²) in [4.78, 5) is 0. The Morgan fingerprint density at radius 3 is 0.725 bits per heavy atom. The van der Waals surface area contributed by atoms with Crippen LogP contribution in [0.3, 0.4) is 0 Å². The van der Waals surface area contributed by atoms with E-state index in [2.05, 4.69) is 13.8 Å². The van der Waals surface area contributed by atoms with E-state index in [0.29, 0.717) is 6.04 Å². The van der Waals surface area contributed by atoms with Crippen molar-refractivity contribution in [2.24, 2.45) is 5.73 Å². The second-order valence-corrected chi connectivity index (χ2v) is 13.2. The molecule has 0 aliphatic carbocycles. The lowest BCUT2D eigenvalue weighted by Crippen LogP contribution is -2.19. The normalized spacial score (nSPS) is 12.3. The van der Waals surface area contributed by atoms with Crippen molar-refractivity contribution < 1.29 is 17.5 Å². The molecule has 0 heterocycles. The molecular formula is C34H73NO4S. The topological polar surface area (TPSA) is 101 Å². The fourth-order valence-electron chi connectivity index (χ4n) is 5.52. The number of nitrogens with two attached hydrogens (primary N) is 1. The van der Waals surface area contributed by atoms with E-state index in [0.717, 1.165) is 0 Å². The highest BCUT2D eigenvalue weighted by atomic mass is 32.3. The van der Waals surface area contributed by atoms with Gasteiger partial charge in [-0.2, -0.15) is 8.42 Å². The van der Waals surface area contributed by atoms with Crippen molar-refractivity contribution in [1.82, 2.24) is 0 Å². The minimum Gasteiger partial charge on any atom is -0.328 e. The Labute approximate surface area is 252 Å². The highest BCUT2D eigenvalue weighted by molar-refractivity contribution is 7.79. The van der Waals surface area contributed by atoms with Crippen molar-refractivity contribution >= 4 is 10.4 Å². The highest BCUT2D eigenvalue weighted by Crippen LogP contribution is 2.16. The summed E-state index contributed by atoms with van der Waals surface area (Å²) in [5.41, 5.74) is 6.38. The summed E-state index contributed by atoms with van der Waals surface area (Å²) in [6, 6.07) is 0.467. The summed E-state index contributed by atoms with van der Waals surface area (Å²) in [7, 11) is -4.67. The molecule has 0 radical (unpaired) electrons. The monoisotopic (exact) mass is 592 g/mol. The lowest BCUT2D eigenvalue weighted by molar-refractivity contribution is 0.381. The van der Waals surface area contributed by atoms with Crippen molar-refractivity contribution in [2.45, 2.75) is 219 Å². The predicted molar refractivity (Wildman–Crippen MR) is 177 cm³/mol. The third-order valence-electron chi connectivity index (χ3n) is 8.11. The first-order valence-electron chi connectivity index (χ1n) is 17.8. The van der Waals surface area contributed by atoms with E-state index in [1.807, 2.05) is 0 Å². The summed E-state index contributed by atoms with van der Waals surface area (Å²) < 4.78 is 31.6. The van der Waals surface area contributed by atoms with E-state index in [1.54, 1.807) is 0 Å². The molecule has 4 N–H and O–H groups in total. The zero-order chi connectivity index (χ0) is 30.0. The van der Waals surface area contributed by atoms with Gasteiger partial charge in [-0.3, -0.25) is 9.11 Å². The zero-order valence-electron chi connectivity index (χ0n) is 27.2. The van der Waals surface area contributed by atoms with Crippen LogP contribution in [0.15, 0.2) is 0 Å². The van der Waals surface area contributed by atoms with E-state index in [4.69, 9.17) is 23.3 Å². The van der Waals surface area contributed by atoms with E-state index < -0.39 is 10.4 Å². The fourth-order valence-corrected chi connectivity index (χ4v) is 5.52. The molecule has 0 saturated carbocycles. The second-order valence-electron chi connectivity index (χ2n) is 12.3. The lowest BCUT2D eigenvalue weighted by Gasteiger charge is -2.11. The van der Waals surface area contributed by atoms with Gasteiger partial charge in [0, 0.05) is 6.04 Å². The van der Waals surface area contributed by atoms with Crippen LogP contribution in [0.4, 0.5) is 0 Å². The van der Waals surface area contributed by atoms with E-state index >= 15 is 0 Å². The third kappa shape index (κ3) is 47.6. The van der Waals surface area contributed by atoms with Gasteiger partial charge in [-0.15, -0.1) is 0 Å². The minimum absolute atomic E-state index is 0.467. The van der Waals surface area contributed by atoms with Gasteiger partial charge in [0.25, 0.3) is 0 Å². The van der Waals surface area contributed by atoms with Crippen molar-refractivity contribution in [1.29, 1.82) is 0 Å². The number of unbranched alkanes of at least 4 members (excludes halogenated alkanes) is 27. The molecular weight excluding hydrogens is 518 g/mol. The van der Waals surface area contributed by atoms with Crippen LogP contribution in [0.2, 0.25) is 0 Å². The van der Waals surface area contributed by atoms with Crippen LogP contribution in [-0.4, -0.2) is 23.6 Å². The molecule has 0 aromatic heterocycles. The number of hydrogen-bond acceptors (Lipinski definition) is 3. The maximum atomic E-state index is 8.74. The molecule has 5 nitrogen and oxygen atoms in total. The van der Waals surface area contributed by atoms with Crippen LogP contribution in [0.1, 0.15) is 213 Å². The lowest BCUT2D eigenvalue weighted by atomic mass is 10.00. The SMILES string of the molecule is CCCCCCCCCCCCCCCCCC(N)CCCCCCCCCCCCCCCC.O=S(=O)(O)O. The summed E-state index contributed by atoms with van der Waals surface area (Å²) >= 11 is 0. The Morgan fingerprint density at radius 2 is 0.550 bits per heavy atom. The van der Waals surface area contributed by atoms with Gasteiger partial charge < -0.3 is 5.73 Å². The standard InChI is InChI=1S/C34H71N.H2O4S/c1-3-5-7-9-11-13-15-17-19-21-23-25-27-29-31-33-34(35)32-30-28-26-24-22-20-18-16-14-12-10-8-6-4-2;1-5(2,3)4/h34H,3-33,35H2,1-2H3;(H2,1,2,3,4). The Bertz CT molecular complexity index is 548. The van der Waals surface area contributed by atoms with Crippen LogP contribution in [0, 0.1) is 0 Å². The molecule has 0 aromatic carbocycles. The number of rotatable bonds is 31. The summed E-state index contributed by atoms with van der Waals surface area (Å²) in [5, 5.41) is 0. The first-order valence-corrected chi connectivity index (χ1v) is 19.2. The largest absolute Gasteiger partial charge is 0.394 e. The first-order chi connectivity index (χ1) is 19.3. The van der Waals surface area contributed by atoms with Crippen LogP contribution in [0.5, 0.6) is 0 Å². The molecule has 0 rings (SSSR count). The molecule has 0 saturated heterocycles. The Kier molecular flexibility index (Phi) is 36.7. The molecule has 244 valence electrons. The quantitative estimate of drug-likeness (QED) is 0.0550. The Hall–Kier alpha value is -0.170. The molecule has 0 amide bonds. The molecule has 0 aliphatic rings. The molecule has 0 fully saturated rings. The van der Waals surface area contributed by atoms with Crippen molar-refractivity contribution in [3.05, 3.63) is 0 Å². The Morgan fingerprint density at radius 1 is 0.400 bits per heavy atom. The van der Waals surface area contributed by atoms with Gasteiger partial charge in [-0.1, -0.05) is 200 Å². The van der Waals surface area contributed by atoms with Crippen LogP contribution in [0.25, 0.3) is 0 Å². The van der Waals surface area contributed by atoms with Gasteiger partial charge in [-0.25, -0.2) is 0 Å². The van der Waals surface area contributed by atoms with Gasteiger partial charge in [0.1, 0.15) is 0 Å². The fraction of sp³-hybridized carbons (Fsp3) is 1.00. The summed E-state index contributed by atoms with van der Waals surface area (Å²) in [6.45, 7) is 4.60. The molecule has 0 bridgehead atoms. The van der Waals surface area contributed by atoms with Crippen LogP contribution in [-0.2, 0) is 10.4 Å². The van der Waals surface area contributed by atoms with Gasteiger partial charge >= 0.3 is 10.4 Å². The smallest absolute Gasteiger partial charge is 0.328 e. The molecule has 1 atom stereocenters. The molecule has 0 aromatic rings. The van der Waals surface area contributed by atoms with Crippen LogP contribution >= 0.6 is 0 Å². The Balaban J connectivity index is 0. The van der Waals surface area contributed by atoms with E-state index in [-0.39, 0.29) is 0 Å². The van der Waals surface area contributed by atoms with Crippen molar-refractivity contribution in [3.8, 4) is 0 Å². The molecule has 0 aliphatic heterocycles. The molecule has 6 heteroatoms. The molecule has 40 heavy (non-hydrogen) atoms. The predicted octanol–water partition coefficient (Wildman–Crippen LogP) is 11.8. The summed E-state index contributed by atoms with van der Waals surface area (Å²) in [6.07, 6.45) is 44.4. The zero-order valence-corrected chi connectivity index (χ0v) is 28.0. The van der Waals surface area contributed by atoms with Crippen LogP contribution < -0.4 is 5.73 Å². The average Bonchev–Trinajstić information content (AvgIpc) is 2.90. The summed E-state index contributed by atoms with van der Waals surface area (Å²) in [5.74, 6) is 0. The molecule has 0 spiro atoms. The van der Waals surface area contributed by atoms with Crippen molar-refractivity contribution in [2.75, 3.05) is 0 Å². The van der Waals surface area contributed by atoms with E-state index in [9.17, 15) is 0 Å². The maximum Gasteiger partial charge on any atom is 0.394 e. The average molecular weight is 592 g/mol. The maximum absolute atomic E-state index is 8.74. The van der Waals surface area contributed by atoms with Gasteiger partial charge in [-0.05, 0) is 12.8 Å². The highest BCUT2D eigenvalue weighted by Gasteiger charge is 2.03. The number of hydrogen-bond donors (Lipinski definition) is 3. The first kappa shape index (κ1) is 42.0. The molecule has 1 unspecified atom stereocenters. The minimum atomic E-state index is -4.67.